The van der Waals surface area contributed by atoms with Crippen molar-refractivity contribution in [2.24, 2.45) is 0 Å². The summed E-state index contributed by atoms with van der Waals surface area (Å²) in [7, 11) is 1.31. The summed E-state index contributed by atoms with van der Waals surface area (Å²) in [5.41, 5.74) is 0.797. The van der Waals surface area contributed by atoms with Crippen LogP contribution in [0.4, 0.5) is 0 Å². The van der Waals surface area contributed by atoms with Gasteiger partial charge >= 0.3 is 5.97 Å². The number of esters is 1. The molecule has 0 aliphatic rings. The molecule has 0 atom stereocenters. The Kier molecular flexibility index (Phi) is 2.13. The quantitative estimate of drug-likeness (QED) is 0.674. The lowest BCUT2D eigenvalue weighted by atomic mass is 10.2. The minimum absolute atomic E-state index is 0.293. The van der Waals surface area contributed by atoms with Crippen LogP contribution < -0.4 is 0 Å². The molecule has 2 aromatic heterocycles. The molecule has 2 rings (SSSR count). The third-order valence-corrected chi connectivity index (χ3v) is 2.22. The van der Waals surface area contributed by atoms with Crippen molar-refractivity contribution >= 4 is 23.2 Å². The summed E-state index contributed by atoms with van der Waals surface area (Å²) in [6, 6.07) is 1.63. The second-order valence-corrected chi connectivity index (χ2v) is 3.10. The Balaban J connectivity index is 2.76. The van der Waals surface area contributed by atoms with Crippen molar-refractivity contribution < 1.29 is 9.53 Å². The number of aromatic nitrogens is 2. The summed E-state index contributed by atoms with van der Waals surface area (Å²) >= 11 is 5.88. The second-order valence-electron chi connectivity index (χ2n) is 2.69. The van der Waals surface area contributed by atoms with Crippen LogP contribution in [0.1, 0.15) is 10.4 Å². The molecule has 0 radical (unpaired) electrons. The number of nitrogens with zero attached hydrogens (tertiary/aromatic N) is 2. The summed E-state index contributed by atoms with van der Waals surface area (Å²) < 4.78 is 6.32. The minimum atomic E-state index is -0.480. The number of carbonyl (C=O) groups is 1. The molecular weight excluding hydrogens is 204 g/mol. The normalized spacial score (nSPS) is 10.4. The third-order valence-electron chi connectivity index (χ3n) is 1.90. The fourth-order valence-electron chi connectivity index (χ4n) is 1.25. The molecule has 2 aromatic rings. The molecule has 0 amide bonds. The average Bonchev–Trinajstić information content (AvgIpc) is 2.64. The number of hydrogen-bond acceptors (Lipinski definition) is 3. The lowest BCUT2D eigenvalue weighted by molar-refractivity contribution is 0.0602. The Hall–Kier alpha value is -1.55. The van der Waals surface area contributed by atoms with E-state index in [0.29, 0.717) is 16.2 Å². The standard InChI is InChI=1S/C9H7ClN2O2/c1-14-9(13)7-6(10)2-4-12-5-3-11-8(7)12/h2-5H,1H3. The first-order valence-corrected chi connectivity index (χ1v) is 4.31. The van der Waals surface area contributed by atoms with Crippen LogP contribution in [-0.4, -0.2) is 22.5 Å². The van der Waals surface area contributed by atoms with Gasteiger partial charge in [-0.3, -0.25) is 0 Å². The minimum Gasteiger partial charge on any atom is -0.465 e. The van der Waals surface area contributed by atoms with Crippen LogP contribution in [-0.2, 0) is 4.74 Å². The number of halogens is 1. The van der Waals surface area contributed by atoms with E-state index in [-0.39, 0.29) is 0 Å². The van der Waals surface area contributed by atoms with Crippen LogP contribution in [0.5, 0.6) is 0 Å². The second kappa shape index (κ2) is 3.31. The predicted molar refractivity (Wildman–Crippen MR) is 51.5 cm³/mol. The molecule has 0 saturated heterocycles. The van der Waals surface area contributed by atoms with Gasteiger partial charge in [-0.15, -0.1) is 0 Å². The number of imidazole rings is 1. The highest BCUT2D eigenvalue weighted by Gasteiger charge is 2.15. The molecule has 0 bridgehead atoms. The summed E-state index contributed by atoms with van der Waals surface area (Å²) in [5, 5.41) is 0.343. The van der Waals surface area contributed by atoms with Gasteiger partial charge in [-0.2, -0.15) is 0 Å². The van der Waals surface area contributed by atoms with Crippen molar-refractivity contribution in [3.05, 3.63) is 35.2 Å². The van der Waals surface area contributed by atoms with Crippen LogP contribution in [0.3, 0.4) is 0 Å². The number of methoxy groups -OCH3 is 1. The van der Waals surface area contributed by atoms with Gasteiger partial charge in [0.2, 0.25) is 0 Å². The number of pyridine rings is 1. The Morgan fingerprint density at radius 3 is 3.07 bits per heavy atom. The van der Waals surface area contributed by atoms with Gasteiger partial charge in [0.15, 0.2) is 5.65 Å². The molecular formula is C9H7ClN2O2. The fourth-order valence-corrected chi connectivity index (χ4v) is 1.47. The molecule has 14 heavy (non-hydrogen) atoms. The first-order chi connectivity index (χ1) is 6.74. The molecule has 0 fully saturated rings. The number of hydrogen-bond donors (Lipinski definition) is 0. The van der Waals surface area contributed by atoms with Crippen LogP contribution >= 0.6 is 11.6 Å². The first-order valence-electron chi connectivity index (χ1n) is 3.93. The van der Waals surface area contributed by atoms with Crippen molar-refractivity contribution in [3.8, 4) is 0 Å². The van der Waals surface area contributed by atoms with Crippen molar-refractivity contribution in [2.75, 3.05) is 7.11 Å². The van der Waals surface area contributed by atoms with Crippen molar-refractivity contribution in [2.45, 2.75) is 0 Å². The summed E-state index contributed by atoms with van der Waals surface area (Å²) in [5.74, 6) is -0.480. The van der Waals surface area contributed by atoms with E-state index in [2.05, 4.69) is 9.72 Å². The predicted octanol–water partition coefficient (Wildman–Crippen LogP) is 1.77. The molecule has 4 nitrogen and oxygen atoms in total. The van der Waals surface area contributed by atoms with Gasteiger partial charge in [0, 0.05) is 18.6 Å². The van der Waals surface area contributed by atoms with E-state index in [0.717, 1.165) is 0 Å². The van der Waals surface area contributed by atoms with E-state index in [1.807, 2.05) is 0 Å². The van der Waals surface area contributed by atoms with Gasteiger partial charge in [-0.05, 0) is 6.07 Å². The van der Waals surface area contributed by atoms with Gasteiger partial charge < -0.3 is 9.14 Å². The average molecular weight is 211 g/mol. The summed E-state index contributed by atoms with van der Waals surface area (Å²) in [6.07, 6.45) is 5.06. The number of rotatable bonds is 1. The van der Waals surface area contributed by atoms with Gasteiger partial charge in [-0.1, -0.05) is 11.6 Å². The highest BCUT2D eigenvalue weighted by Crippen LogP contribution is 2.20. The Bertz CT molecular complexity index is 493. The van der Waals surface area contributed by atoms with Crippen molar-refractivity contribution in [1.29, 1.82) is 0 Å². The maximum absolute atomic E-state index is 11.4. The van der Waals surface area contributed by atoms with Crippen molar-refractivity contribution in [3.63, 3.8) is 0 Å². The fraction of sp³-hybridized carbons (Fsp3) is 0.111. The van der Waals surface area contributed by atoms with E-state index >= 15 is 0 Å². The van der Waals surface area contributed by atoms with E-state index in [4.69, 9.17) is 11.6 Å². The summed E-state index contributed by atoms with van der Waals surface area (Å²) in [4.78, 5) is 15.4. The van der Waals surface area contributed by atoms with Crippen molar-refractivity contribution in [1.82, 2.24) is 9.38 Å². The van der Waals surface area contributed by atoms with Crippen LogP contribution in [0.25, 0.3) is 5.65 Å². The Labute approximate surface area is 85.1 Å². The van der Waals surface area contributed by atoms with Crippen LogP contribution in [0.2, 0.25) is 5.02 Å². The Morgan fingerprint density at radius 2 is 2.36 bits per heavy atom. The summed E-state index contributed by atoms with van der Waals surface area (Å²) in [6.45, 7) is 0. The molecule has 0 aliphatic carbocycles. The maximum Gasteiger partial charge on any atom is 0.343 e. The third kappa shape index (κ3) is 1.24. The largest absolute Gasteiger partial charge is 0.465 e. The monoisotopic (exact) mass is 210 g/mol. The number of fused-ring (bicyclic) bond motifs is 1. The number of ether oxygens (including phenoxy) is 1. The number of carbonyl (C=O) groups excluding carboxylic acids is 1. The van der Waals surface area contributed by atoms with E-state index < -0.39 is 5.97 Å². The highest BCUT2D eigenvalue weighted by atomic mass is 35.5. The van der Waals surface area contributed by atoms with Crippen LogP contribution in [0.15, 0.2) is 24.7 Å². The van der Waals surface area contributed by atoms with E-state index in [9.17, 15) is 4.79 Å². The van der Waals surface area contributed by atoms with Gasteiger partial charge in [0.05, 0.1) is 12.1 Å². The molecule has 72 valence electrons. The van der Waals surface area contributed by atoms with Gasteiger partial charge in [-0.25, -0.2) is 9.78 Å². The first kappa shape index (κ1) is 9.02. The zero-order chi connectivity index (χ0) is 10.1. The molecule has 0 aliphatic heterocycles. The zero-order valence-electron chi connectivity index (χ0n) is 7.40. The molecule has 2 heterocycles. The molecule has 0 aromatic carbocycles. The highest BCUT2D eigenvalue weighted by molar-refractivity contribution is 6.34. The Morgan fingerprint density at radius 1 is 1.57 bits per heavy atom. The molecule has 0 N–H and O–H groups in total. The molecule has 5 heteroatoms. The smallest absolute Gasteiger partial charge is 0.343 e. The van der Waals surface area contributed by atoms with E-state index in [1.165, 1.54) is 7.11 Å². The molecule has 0 unspecified atom stereocenters. The lowest BCUT2D eigenvalue weighted by Gasteiger charge is -2.03. The maximum atomic E-state index is 11.4. The van der Waals surface area contributed by atoms with E-state index in [1.54, 1.807) is 29.1 Å². The van der Waals surface area contributed by atoms with Crippen LogP contribution in [0, 0.1) is 0 Å². The SMILES string of the molecule is COC(=O)c1c(Cl)ccn2ccnc12. The lowest BCUT2D eigenvalue weighted by Crippen LogP contribution is -2.05. The topological polar surface area (TPSA) is 43.6 Å². The zero-order valence-corrected chi connectivity index (χ0v) is 8.15. The van der Waals surface area contributed by atoms with Gasteiger partial charge in [0.1, 0.15) is 5.56 Å². The molecule has 0 saturated carbocycles. The molecule has 0 spiro atoms. The van der Waals surface area contributed by atoms with Gasteiger partial charge in [0.25, 0.3) is 0 Å².